The molecule has 0 aliphatic heterocycles. The van der Waals surface area contributed by atoms with Crippen LogP contribution in [-0.2, 0) is 19.1 Å². The third kappa shape index (κ3) is 5.66. The van der Waals surface area contributed by atoms with E-state index in [0.29, 0.717) is 0 Å². The molecular weight excluding hydrogens is 390 g/mol. The fraction of sp³-hybridized carbons (Fsp3) is 0.273. The Morgan fingerprint density at radius 3 is 2.40 bits per heavy atom. The van der Waals surface area contributed by atoms with Crippen molar-refractivity contribution in [3.05, 3.63) is 58.4 Å². The minimum Gasteiger partial charge on any atom is -0.462 e. The number of benzene rings is 1. The highest BCUT2D eigenvalue weighted by Crippen LogP contribution is 2.28. The van der Waals surface area contributed by atoms with E-state index < -0.39 is 30.2 Å². The highest BCUT2D eigenvalue weighted by Gasteiger charge is 2.28. The van der Waals surface area contributed by atoms with E-state index in [4.69, 9.17) is 13.9 Å². The van der Waals surface area contributed by atoms with Crippen LogP contribution in [0.1, 0.15) is 51.5 Å². The van der Waals surface area contributed by atoms with Gasteiger partial charge < -0.3 is 13.9 Å². The molecule has 158 valence electrons. The quantitative estimate of drug-likeness (QED) is 0.401. The van der Waals surface area contributed by atoms with E-state index in [2.05, 4.69) is 5.32 Å². The molecule has 0 spiro atoms. The van der Waals surface area contributed by atoms with Gasteiger partial charge >= 0.3 is 11.9 Å². The monoisotopic (exact) mass is 413 g/mol. The summed E-state index contributed by atoms with van der Waals surface area (Å²) in [5, 5.41) is 2.34. The number of hydrogen-bond acceptors (Lipinski definition) is 7. The van der Waals surface area contributed by atoms with E-state index in [1.165, 1.54) is 19.9 Å². The van der Waals surface area contributed by atoms with Crippen molar-refractivity contribution in [2.45, 2.75) is 27.7 Å². The molecular formula is C22H23NO7. The first-order valence-corrected chi connectivity index (χ1v) is 9.26. The Morgan fingerprint density at radius 1 is 1.07 bits per heavy atom. The molecule has 0 aliphatic rings. The molecule has 0 bridgehead atoms. The number of hydrogen-bond donors (Lipinski definition) is 1. The summed E-state index contributed by atoms with van der Waals surface area (Å²) in [6.45, 7) is 5.76. The minimum absolute atomic E-state index is 0.0295. The number of anilines is 1. The van der Waals surface area contributed by atoms with E-state index in [1.54, 1.807) is 13.0 Å². The summed E-state index contributed by atoms with van der Waals surface area (Å²) >= 11 is 0. The zero-order valence-corrected chi connectivity index (χ0v) is 17.2. The molecule has 0 radical (unpaired) electrons. The van der Waals surface area contributed by atoms with Crippen molar-refractivity contribution in [1.82, 2.24) is 0 Å². The van der Waals surface area contributed by atoms with Crippen molar-refractivity contribution in [2.24, 2.45) is 0 Å². The summed E-state index contributed by atoms with van der Waals surface area (Å²) in [5.74, 6) is -2.71. The molecule has 0 saturated carbocycles. The smallest absolute Gasteiger partial charge is 0.344 e. The van der Waals surface area contributed by atoms with Crippen LogP contribution in [0, 0.1) is 13.8 Å². The lowest BCUT2D eigenvalue weighted by molar-refractivity contribution is -0.142. The molecule has 30 heavy (non-hydrogen) atoms. The van der Waals surface area contributed by atoms with Gasteiger partial charge in [-0.1, -0.05) is 24.3 Å². The first-order valence-electron chi connectivity index (χ1n) is 9.26. The molecule has 0 fully saturated rings. The molecule has 8 nitrogen and oxygen atoms in total. The van der Waals surface area contributed by atoms with E-state index in [0.717, 1.165) is 11.1 Å². The van der Waals surface area contributed by atoms with E-state index in [1.807, 2.05) is 31.2 Å². The summed E-state index contributed by atoms with van der Waals surface area (Å²) in [6, 6.07) is 7.47. The van der Waals surface area contributed by atoms with Crippen molar-refractivity contribution in [2.75, 3.05) is 18.5 Å². The van der Waals surface area contributed by atoms with Gasteiger partial charge in [0.05, 0.1) is 12.2 Å². The number of ketones is 1. The van der Waals surface area contributed by atoms with Crippen LogP contribution in [0.15, 0.2) is 34.8 Å². The number of ether oxygens (including phenoxy) is 2. The first-order chi connectivity index (χ1) is 14.2. The molecule has 1 N–H and O–H groups in total. The Bertz CT molecular complexity index is 1000. The van der Waals surface area contributed by atoms with Gasteiger partial charge in [0.25, 0.3) is 5.91 Å². The molecule has 2 rings (SSSR count). The molecule has 0 atom stereocenters. The predicted octanol–water partition coefficient (Wildman–Crippen LogP) is 3.47. The predicted molar refractivity (Wildman–Crippen MR) is 109 cm³/mol. The van der Waals surface area contributed by atoms with Gasteiger partial charge in [0, 0.05) is 6.08 Å². The maximum atomic E-state index is 12.2. The van der Waals surface area contributed by atoms with Gasteiger partial charge in [0.15, 0.2) is 12.4 Å². The molecule has 1 heterocycles. The zero-order chi connectivity index (χ0) is 22.3. The van der Waals surface area contributed by atoms with Crippen molar-refractivity contribution in [3.63, 3.8) is 0 Å². The Morgan fingerprint density at radius 2 is 1.77 bits per heavy atom. The van der Waals surface area contributed by atoms with Crippen molar-refractivity contribution in [3.8, 4) is 0 Å². The number of carbonyl (C=O) groups is 4. The summed E-state index contributed by atoms with van der Waals surface area (Å²) in [7, 11) is 0. The fourth-order valence-electron chi connectivity index (χ4n) is 2.73. The van der Waals surface area contributed by atoms with Crippen LogP contribution in [0.25, 0.3) is 6.08 Å². The van der Waals surface area contributed by atoms with Crippen LogP contribution >= 0.6 is 0 Å². The molecule has 0 unspecified atom stereocenters. The Labute approximate surface area is 173 Å². The molecule has 0 aliphatic carbocycles. The lowest BCUT2D eigenvalue weighted by Gasteiger charge is -2.06. The second-order valence-electron chi connectivity index (χ2n) is 6.36. The topological polar surface area (TPSA) is 112 Å². The van der Waals surface area contributed by atoms with Crippen LogP contribution < -0.4 is 5.32 Å². The van der Waals surface area contributed by atoms with Crippen LogP contribution in [0.3, 0.4) is 0 Å². The summed E-state index contributed by atoms with van der Waals surface area (Å²) in [5.41, 5.74) is 1.70. The Hall–Kier alpha value is -3.68. The summed E-state index contributed by atoms with van der Waals surface area (Å²) in [6.07, 6.45) is 2.80. The van der Waals surface area contributed by atoms with Gasteiger partial charge in [-0.05, 0) is 44.9 Å². The Balaban J connectivity index is 2.05. The van der Waals surface area contributed by atoms with Crippen LogP contribution in [0.2, 0.25) is 0 Å². The summed E-state index contributed by atoms with van der Waals surface area (Å²) in [4.78, 5) is 48.1. The maximum Gasteiger partial charge on any atom is 0.344 e. The number of carbonyl (C=O) groups excluding carboxylic acids is 4. The summed E-state index contributed by atoms with van der Waals surface area (Å²) < 4.78 is 15.2. The van der Waals surface area contributed by atoms with Gasteiger partial charge in [-0.2, -0.15) is 0 Å². The molecule has 0 saturated heterocycles. The lowest BCUT2D eigenvalue weighted by Crippen LogP contribution is -2.21. The lowest BCUT2D eigenvalue weighted by atomic mass is 10.1. The number of furan rings is 1. The third-order valence-corrected chi connectivity index (χ3v) is 4.10. The largest absolute Gasteiger partial charge is 0.462 e. The van der Waals surface area contributed by atoms with Gasteiger partial charge in [-0.25, -0.2) is 9.59 Å². The average molecular weight is 413 g/mol. The minimum atomic E-state index is -0.798. The van der Waals surface area contributed by atoms with Gasteiger partial charge in [-0.15, -0.1) is 0 Å². The van der Waals surface area contributed by atoms with E-state index >= 15 is 0 Å². The van der Waals surface area contributed by atoms with Crippen LogP contribution in [-0.4, -0.2) is 36.8 Å². The number of rotatable bonds is 8. The molecule has 1 aromatic heterocycles. The van der Waals surface area contributed by atoms with Crippen LogP contribution in [0.4, 0.5) is 5.88 Å². The fourth-order valence-corrected chi connectivity index (χ4v) is 2.73. The second kappa shape index (κ2) is 10.2. The van der Waals surface area contributed by atoms with E-state index in [9.17, 15) is 19.2 Å². The van der Waals surface area contributed by atoms with E-state index in [-0.39, 0.29) is 29.4 Å². The van der Waals surface area contributed by atoms with Crippen molar-refractivity contribution >= 4 is 35.6 Å². The molecule has 8 heteroatoms. The first kappa shape index (κ1) is 22.6. The maximum absolute atomic E-state index is 12.2. The van der Waals surface area contributed by atoms with Crippen molar-refractivity contribution < 1.29 is 33.1 Å². The highest BCUT2D eigenvalue weighted by atomic mass is 16.5. The van der Waals surface area contributed by atoms with Gasteiger partial charge in [-0.3, -0.25) is 14.9 Å². The molecule has 1 amide bonds. The van der Waals surface area contributed by atoms with Gasteiger partial charge in [0.2, 0.25) is 5.88 Å². The highest BCUT2D eigenvalue weighted by molar-refractivity contribution is 6.10. The average Bonchev–Trinajstić information content (AvgIpc) is 3.01. The third-order valence-electron chi connectivity index (χ3n) is 4.10. The Kier molecular flexibility index (Phi) is 7.69. The number of aryl methyl sites for hydroxylation is 2. The van der Waals surface area contributed by atoms with Crippen LogP contribution in [0.5, 0.6) is 0 Å². The molecule has 1 aromatic carbocycles. The SMILES string of the molecule is CCOC(=O)c1c(NC(=O)COC(=O)/C=C/c2ccccc2C)oc(C)c1C(C)=O. The second-order valence-corrected chi connectivity index (χ2v) is 6.36. The number of Topliss-reactive ketones (excluding diaryl/α,β-unsaturated/α-hetero) is 1. The molecule has 2 aromatic rings. The number of amides is 1. The van der Waals surface area contributed by atoms with Gasteiger partial charge in [0.1, 0.15) is 11.3 Å². The standard InChI is InChI=1S/C22H23NO7/c1-5-28-22(27)20-19(14(3)24)15(4)30-21(20)23-17(25)12-29-18(26)11-10-16-9-7-6-8-13(16)2/h6-11H,5,12H2,1-4H3,(H,23,25)/b11-10+. The number of nitrogens with one attached hydrogen (secondary N) is 1. The van der Waals surface area contributed by atoms with Crippen molar-refractivity contribution in [1.29, 1.82) is 0 Å². The number of esters is 2. The normalized spacial score (nSPS) is 10.7. The zero-order valence-electron chi connectivity index (χ0n) is 17.2.